The number of hydrogen-bond acceptors (Lipinski definition) is 4. The number of nitrogens with one attached hydrogen (secondary N) is 1. The number of rotatable bonds is 6. The summed E-state index contributed by atoms with van der Waals surface area (Å²) in [7, 11) is 4.23. The third-order valence-corrected chi connectivity index (χ3v) is 3.91. The first-order valence-electron chi connectivity index (χ1n) is 7.14. The fourth-order valence-corrected chi connectivity index (χ4v) is 2.85. The summed E-state index contributed by atoms with van der Waals surface area (Å²) in [6.45, 7) is 8.28. The minimum atomic E-state index is -0.862. The Bertz CT molecular complexity index is 299. The average molecular weight is 271 g/mol. The Morgan fingerprint density at radius 1 is 1.42 bits per heavy atom. The van der Waals surface area contributed by atoms with Gasteiger partial charge in [0.1, 0.15) is 5.54 Å². The number of hydrogen-bond donors (Lipinski definition) is 2. The Kier molecular flexibility index (Phi) is 5.77. The first kappa shape index (κ1) is 16.4. The predicted octanol–water partition coefficient (Wildman–Crippen LogP) is 0.854. The van der Waals surface area contributed by atoms with Gasteiger partial charge in [0.2, 0.25) is 0 Å². The van der Waals surface area contributed by atoms with E-state index in [-0.39, 0.29) is 6.04 Å². The fourth-order valence-electron chi connectivity index (χ4n) is 2.85. The van der Waals surface area contributed by atoms with Crippen molar-refractivity contribution in [3.05, 3.63) is 0 Å². The molecule has 5 nitrogen and oxygen atoms in total. The van der Waals surface area contributed by atoms with E-state index < -0.39 is 11.5 Å². The molecule has 1 fully saturated rings. The Labute approximate surface area is 117 Å². The summed E-state index contributed by atoms with van der Waals surface area (Å²) in [6.07, 6.45) is 2.23. The van der Waals surface area contributed by atoms with E-state index in [9.17, 15) is 9.90 Å². The van der Waals surface area contributed by atoms with Crippen molar-refractivity contribution in [3.63, 3.8) is 0 Å². The van der Waals surface area contributed by atoms with E-state index in [1.54, 1.807) is 6.92 Å². The molecule has 1 unspecified atom stereocenters. The van der Waals surface area contributed by atoms with Gasteiger partial charge in [-0.15, -0.1) is 0 Å². The highest BCUT2D eigenvalue weighted by atomic mass is 16.4. The maximum Gasteiger partial charge on any atom is 0.324 e. The van der Waals surface area contributed by atoms with Gasteiger partial charge in [-0.3, -0.25) is 10.1 Å². The van der Waals surface area contributed by atoms with Crippen LogP contribution in [0.25, 0.3) is 0 Å². The number of likely N-dealkylation sites (tertiary alicyclic amines) is 1. The number of piperidine rings is 1. The van der Waals surface area contributed by atoms with Crippen molar-refractivity contribution in [2.45, 2.75) is 51.2 Å². The van der Waals surface area contributed by atoms with Crippen LogP contribution in [0.1, 0.15) is 33.6 Å². The van der Waals surface area contributed by atoms with Crippen molar-refractivity contribution < 1.29 is 9.90 Å². The Balaban J connectivity index is 2.55. The Morgan fingerprint density at radius 2 is 1.95 bits per heavy atom. The molecule has 0 aromatic heterocycles. The molecule has 1 saturated heterocycles. The van der Waals surface area contributed by atoms with Crippen LogP contribution >= 0.6 is 0 Å². The predicted molar refractivity (Wildman–Crippen MR) is 77.5 cm³/mol. The quantitative estimate of drug-likeness (QED) is 0.750. The molecule has 0 aromatic carbocycles. The van der Waals surface area contributed by atoms with Crippen molar-refractivity contribution in [2.24, 2.45) is 0 Å². The molecule has 0 spiro atoms. The molecule has 112 valence electrons. The van der Waals surface area contributed by atoms with Crippen LogP contribution < -0.4 is 5.32 Å². The molecule has 5 heteroatoms. The molecule has 0 bridgehead atoms. The highest BCUT2D eigenvalue weighted by Crippen LogP contribution is 2.17. The molecule has 1 rings (SSSR count). The standard InChI is InChI=1S/C14H29N3O2/c1-11(2)15-14(3,13(18)19)10-17-8-6-12(7-9-17)16(4)5/h11-12,15H,6-10H2,1-5H3,(H,18,19). The second-order valence-electron chi connectivity index (χ2n) is 6.41. The van der Waals surface area contributed by atoms with Gasteiger partial charge in [0, 0.05) is 18.6 Å². The maximum absolute atomic E-state index is 11.5. The summed E-state index contributed by atoms with van der Waals surface area (Å²) >= 11 is 0. The van der Waals surface area contributed by atoms with Gasteiger partial charge in [-0.2, -0.15) is 0 Å². The SMILES string of the molecule is CC(C)NC(C)(CN1CCC(N(C)C)CC1)C(=O)O. The molecular formula is C14H29N3O2. The fraction of sp³-hybridized carbons (Fsp3) is 0.929. The van der Waals surface area contributed by atoms with Crippen LogP contribution in [0.5, 0.6) is 0 Å². The van der Waals surface area contributed by atoms with Crippen LogP contribution in [0, 0.1) is 0 Å². The number of aliphatic carboxylic acids is 1. The molecule has 1 atom stereocenters. The van der Waals surface area contributed by atoms with Crippen molar-refractivity contribution >= 4 is 5.97 Å². The van der Waals surface area contributed by atoms with Crippen LogP contribution in [-0.4, -0.2) is 72.2 Å². The largest absolute Gasteiger partial charge is 0.480 e. The number of nitrogens with zero attached hydrogens (tertiary/aromatic N) is 2. The van der Waals surface area contributed by atoms with Gasteiger partial charge < -0.3 is 14.9 Å². The summed E-state index contributed by atoms with van der Waals surface area (Å²) in [6, 6.07) is 0.797. The first-order valence-corrected chi connectivity index (χ1v) is 7.14. The summed E-state index contributed by atoms with van der Waals surface area (Å²) in [5, 5.41) is 12.6. The van der Waals surface area contributed by atoms with Crippen molar-refractivity contribution in [1.29, 1.82) is 0 Å². The minimum absolute atomic E-state index is 0.167. The van der Waals surface area contributed by atoms with Crippen LogP contribution in [0.4, 0.5) is 0 Å². The van der Waals surface area contributed by atoms with Gasteiger partial charge >= 0.3 is 5.97 Å². The molecule has 1 aliphatic rings. The van der Waals surface area contributed by atoms with Gasteiger partial charge in [0.15, 0.2) is 0 Å². The smallest absolute Gasteiger partial charge is 0.324 e. The molecule has 2 N–H and O–H groups in total. The normalized spacial score (nSPS) is 21.8. The lowest BCUT2D eigenvalue weighted by Gasteiger charge is -2.39. The summed E-state index contributed by atoms with van der Waals surface area (Å²) in [5.41, 5.74) is -0.862. The average Bonchev–Trinajstić information content (AvgIpc) is 2.28. The maximum atomic E-state index is 11.5. The number of carbonyl (C=O) groups is 1. The van der Waals surface area contributed by atoms with Gasteiger partial charge in [0.05, 0.1) is 0 Å². The lowest BCUT2D eigenvalue weighted by atomic mass is 9.97. The second-order valence-corrected chi connectivity index (χ2v) is 6.41. The molecule has 0 radical (unpaired) electrons. The third-order valence-electron chi connectivity index (χ3n) is 3.91. The zero-order chi connectivity index (χ0) is 14.6. The van der Waals surface area contributed by atoms with Crippen molar-refractivity contribution in [2.75, 3.05) is 33.7 Å². The van der Waals surface area contributed by atoms with E-state index in [1.165, 1.54) is 0 Å². The molecule has 19 heavy (non-hydrogen) atoms. The van der Waals surface area contributed by atoms with E-state index in [2.05, 4.69) is 29.2 Å². The van der Waals surface area contributed by atoms with Crippen LogP contribution in [0.15, 0.2) is 0 Å². The Morgan fingerprint density at radius 3 is 2.32 bits per heavy atom. The zero-order valence-electron chi connectivity index (χ0n) is 12.9. The molecule has 1 aliphatic heterocycles. The van der Waals surface area contributed by atoms with E-state index >= 15 is 0 Å². The van der Waals surface area contributed by atoms with Crippen LogP contribution in [0.3, 0.4) is 0 Å². The molecule has 0 amide bonds. The number of carboxylic acids is 1. The third kappa shape index (κ3) is 4.75. The lowest BCUT2D eigenvalue weighted by Crippen LogP contribution is -2.60. The summed E-state index contributed by atoms with van der Waals surface area (Å²) in [4.78, 5) is 16.0. The van der Waals surface area contributed by atoms with E-state index in [0.29, 0.717) is 12.6 Å². The van der Waals surface area contributed by atoms with Crippen molar-refractivity contribution in [1.82, 2.24) is 15.1 Å². The highest BCUT2D eigenvalue weighted by Gasteiger charge is 2.36. The zero-order valence-corrected chi connectivity index (χ0v) is 12.9. The van der Waals surface area contributed by atoms with Gasteiger partial charge in [-0.05, 0) is 60.8 Å². The molecule has 1 heterocycles. The van der Waals surface area contributed by atoms with Gasteiger partial charge in [-0.25, -0.2) is 0 Å². The molecule has 0 aliphatic carbocycles. The minimum Gasteiger partial charge on any atom is -0.480 e. The molecule has 0 saturated carbocycles. The van der Waals surface area contributed by atoms with E-state index in [4.69, 9.17) is 0 Å². The second kappa shape index (κ2) is 6.68. The summed E-state index contributed by atoms with van der Waals surface area (Å²) < 4.78 is 0. The summed E-state index contributed by atoms with van der Waals surface area (Å²) in [5.74, 6) is -0.768. The van der Waals surface area contributed by atoms with E-state index in [1.807, 2.05) is 13.8 Å². The Hall–Kier alpha value is -0.650. The lowest BCUT2D eigenvalue weighted by molar-refractivity contribution is -0.145. The van der Waals surface area contributed by atoms with Gasteiger partial charge in [0.25, 0.3) is 0 Å². The van der Waals surface area contributed by atoms with Gasteiger partial charge in [-0.1, -0.05) is 0 Å². The molecule has 0 aromatic rings. The highest BCUT2D eigenvalue weighted by molar-refractivity contribution is 5.78. The van der Waals surface area contributed by atoms with E-state index in [0.717, 1.165) is 25.9 Å². The topological polar surface area (TPSA) is 55.8 Å². The van der Waals surface area contributed by atoms with Crippen LogP contribution in [-0.2, 0) is 4.79 Å². The first-order chi connectivity index (χ1) is 8.74. The van der Waals surface area contributed by atoms with Crippen LogP contribution in [0.2, 0.25) is 0 Å². The van der Waals surface area contributed by atoms with Crippen molar-refractivity contribution in [3.8, 4) is 0 Å². The number of carboxylic acid groups (broad SMARTS) is 1. The molecular weight excluding hydrogens is 242 g/mol. The monoisotopic (exact) mass is 271 g/mol.